The molecule has 1 aliphatic rings. The lowest BCUT2D eigenvalue weighted by Crippen LogP contribution is -2.64. The number of hydrogen-bond acceptors (Lipinski definition) is 2. The van der Waals surface area contributed by atoms with Crippen molar-refractivity contribution >= 4 is 0 Å². The van der Waals surface area contributed by atoms with Crippen molar-refractivity contribution in [1.82, 2.24) is 10.2 Å². The summed E-state index contributed by atoms with van der Waals surface area (Å²) in [6.07, 6.45) is 6.84. The number of piperazine rings is 1. The lowest BCUT2D eigenvalue weighted by Gasteiger charge is -2.49. The molecule has 0 spiro atoms. The summed E-state index contributed by atoms with van der Waals surface area (Å²) in [5, 5.41) is 3.68. The van der Waals surface area contributed by atoms with Gasteiger partial charge in [0, 0.05) is 25.2 Å². The summed E-state index contributed by atoms with van der Waals surface area (Å²) in [5.41, 5.74) is 0.133. The number of nitrogens with one attached hydrogen (secondary N) is 1. The summed E-state index contributed by atoms with van der Waals surface area (Å²) in [7, 11) is 0. The minimum absolute atomic E-state index is 0.147. The molecule has 0 aromatic rings. The zero-order chi connectivity index (χ0) is 13.3. The van der Waals surface area contributed by atoms with Crippen molar-refractivity contribution in [2.75, 3.05) is 13.1 Å². The molecule has 1 heterocycles. The summed E-state index contributed by atoms with van der Waals surface area (Å²) >= 11 is 0. The molecule has 0 amide bonds. The van der Waals surface area contributed by atoms with Crippen LogP contribution in [0, 0.1) is 17.8 Å². The SMILES string of the molecule is C#CC(C)(C)N1CC(C(C)(C)C)NCC1CC. The van der Waals surface area contributed by atoms with Crippen molar-refractivity contribution in [3.8, 4) is 12.3 Å². The monoisotopic (exact) mass is 236 g/mol. The van der Waals surface area contributed by atoms with Crippen LogP contribution in [-0.2, 0) is 0 Å². The summed E-state index contributed by atoms with van der Waals surface area (Å²) in [4.78, 5) is 2.50. The van der Waals surface area contributed by atoms with Crippen molar-refractivity contribution in [2.45, 2.75) is 65.6 Å². The second-order valence-electron chi connectivity index (χ2n) is 6.74. The Bertz CT molecular complexity index is 293. The van der Waals surface area contributed by atoms with Gasteiger partial charge in [-0.3, -0.25) is 4.90 Å². The predicted molar refractivity (Wildman–Crippen MR) is 74.9 cm³/mol. The molecular weight excluding hydrogens is 208 g/mol. The third-order valence-electron chi connectivity index (χ3n) is 4.01. The maximum Gasteiger partial charge on any atom is 0.0769 e. The lowest BCUT2D eigenvalue weighted by molar-refractivity contribution is 0.0331. The van der Waals surface area contributed by atoms with Gasteiger partial charge in [0.2, 0.25) is 0 Å². The number of hydrogen-bond donors (Lipinski definition) is 1. The molecule has 1 fully saturated rings. The van der Waals surface area contributed by atoms with E-state index < -0.39 is 0 Å². The standard InChI is InChI=1S/C15H28N2/c1-8-12-10-16-13(14(3,4)5)11-17(12)15(6,7)9-2/h2,12-13,16H,8,10-11H2,1,3-7H3. The molecule has 2 atom stereocenters. The Kier molecular flexibility index (Phi) is 4.28. The van der Waals surface area contributed by atoms with Crippen molar-refractivity contribution in [2.24, 2.45) is 5.41 Å². The van der Waals surface area contributed by atoms with E-state index in [-0.39, 0.29) is 11.0 Å². The zero-order valence-corrected chi connectivity index (χ0v) is 12.3. The van der Waals surface area contributed by atoms with E-state index in [1.807, 2.05) is 0 Å². The molecule has 0 aliphatic carbocycles. The Labute approximate surface area is 107 Å². The predicted octanol–water partition coefficient (Wildman–Crippen LogP) is 2.50. The maximum absolute atomic E-state index is 5.70. The van der Waals surface area contributed by atoms with Crippen LogP contribution in [0.4, 0.5) is 0 Å². The Hall–Kier alpha value is -0.520. The van der Waals surface area contributed by atoms with Crippen LogP contribution >= 0.6 is 0 Å². The minimum atomic E-state index is -0.147. The van der Waals surface area contributed by atoms with Gasteiger partial charge >= 0.3 is 0 Å². The van der Waals surface area contributed by atoms with Gasteiger partial charge in [0.05, 0.1) is 5.54 Å². The van der Waals surface area contributed by atoms with Gasteiger partial charge in [0.15, 0.2) is 0 Å². The fourth-order valence-electron chi connectivity index (χ4n) is 2.51. The topological polar surface area (TPSA) is 15.3 Å². The van der Waals surface area contributed by atoms with Crippen LogP contribution in [0.2, 0.25) is 0 Å². The van der Waals surface area contributed by atoms with Crippen LogP contribution < -0.4 is 5.32 Å². The third-order valence-corrected chi connectivity index (χ3v) is 4.01. The molecule has 2 nitrogen and oxygen atoms in total. The van der Waals surface area contributed by atoms with Crippen LogP contribution in [0.15, 0.2) is 0 Å². The van der Waals surface area contributed by atoms with E-state index in [1.165, 1.54) is 0 Å². The smallest absolute Gasteiger partial charge is 0.0769 e. The number of terminal acetylenes is 1. The molecule has 0 aromatic heterocycles. The largest absolute Gasteiger partial charge is 0.311 e. The Morgan fingerprint density at radius 2 is 1.88 bits per heavy atom. The van der Waals surface area contributed by atoms with Crippen molar-refractivity contribution in [1.29, 1.82) is 0 Å². The molecule has 0 radical (unpaired) electrons. The van der Waals surface area contributed by atoms with Gasteiger partial charge in [-0.15, -0.1) is 6.42 Å². The van der Waals surface area contributed by atoms with Crippen molar-refractivity contribution < 1.29 is 0 Å². The van der Waals surface area contributed by atoms with Crippen LogP contribution in [0.3, 0.4) is 0 Å². The van der Waals surface area contributed by atoms with Gasteiger partial charge in [-0.2, -0.15) is 0 Å². The van der Waals surface area contributed by atoms with Gasteiger partial charge in [0.1, 0.15) is 0 Å². The molecule has 0 bridgehead atoms. The molecule has 98 valence electrons. The average Bonchev–Trinajstić information content (AvgIpc) is 2.27. The fraction of sp³-hybridized carbons (Fsp3) is 0.867. The quantitative estimate of drug-likeness (QED) is 0.741. The Balaban J connectivity index is 2.87. The summed E-state index contributed by atoms with van der Waals surface area (Å²) in [5.74, 6) is 2.95. The van der Waals surface area contributed by atoms with E-state index in [1.54, 1.807) is 0 Å². The van der Waals surface area contributed by atoms with Crippen LogP contribution in [0.1, 0.15) is 48.0 Å². The van der Waals surface area contributed by atoms with Crippen LogP contribution in [0.5, 0.6) is 0 Å². The van der Waals surface area contributed by atoms with Crippen LogP contribution in [0.25, 0.3) is 0 Å². The maximum atomic E-state index is 5.70. The zero-order valence-electron chi connectivity index (χ0n) is 12.3. The first kappa shape index (κ1) is 14.5. The lowest BCUT2D eigenvalue weighted by atomic mass is 9.83. The molecule has 2 heteroatoms. The summed E-state index contributed by atoms with van der Waals surface area (Å²) in [6, 6.07) is 1.07. The number of rotatable bonds is 2. The Morgan fingerprint density at radius 3 is 2.29 bits per heavy atom. The summed E-state index contributed by atoms with van der Waals surface area (Å²) < 4.78 is 0. The van der Waals surface area contributed by atoms with E-state index >= 15 is 0 Å². The second-order valence-corrected chi connectivity index (χ2v) is 6.74. The van der Waals surface area contributed by atoms with Crippen molar-refractivity contribution in [3.05, 3.63) is 0 Å². The first-order valence-electron chi connectivity index (χ1n) is 6.70. The Morgan fingerprint density at radius 1 is 1.29 bits per heavy atom. The van der Waals surface area contributed by atoms with E-state index in [2.05, 4.69) is 57.7 Å². The second kappa shape index (κ2) is 5.00. The molecule has 2 unspecified atom stereocenters. The molecule has 1 aliphatic heterocycles. The highest BCUT2D eigenvalue weighted by Gasteiger charge is 2.38. The third kappa shape index (κ3) is 3.24. The highest BCUT2D eigenvalue weighted by atomic mass is 15.3. The van der Waals surface area contributed by atoms with Gasteiger partial charge < -0.3 is 5.32 Å². The van der Waals surface area contributed by atoms with E-state index in [4.69, 9.17) is 6.42 Å². The first-order chi connectivity index (χ1) is 7.72. The van der Waals surface area contributed by atoms with Gasteiger partial charge in [-0.05, 0) is 25.7 Å². The van der Waals surface area contributed by atoms with Gasteiger partial charge in [-0.1, -0.05) is 33.6 Å². The molecule has 0 saturated carbocycles. The number of nitrogens with zero attached hydrogens (tertiary/aromatic N) is 1. The normalized spacial score (nSPS) is 27.8. The molecule has 1 saturated heterocycles. The van der Waals surface area contributed by atoms with E-state index in [0.29, 0.717) is 12.1 Å². The molecule has 1 N–H and O–H groups in total. The van der Waals surface area contributed by atoms with Gasteiger partial charge in [-0.25, -0.2) is 0 Å². The van der Waals surface area contributed by atoms with Crippen LogP contribution in [-0.4, -0.2) is 35.6 Å². The van der Waals surface area contributed by atoms with Crippen molar-refractivity contribution in [3.63, 3.8) is 0 Å². The van der Waals surface area contributed by atoms with E-state index in [0.717, 1.165) is 19.5 Å². The first-order valence-corrected chi connectivity index (χ1v) is 6.70. The fourth-order valence-corrected chi connectivity index (χ4v) is 2.51. The molecular formula is C15H28N2. The summed E-state index contributed by atoms with van der Waals surface area (Å²) in [6.45, 7) is 15.5. The molecule has 17 heavy (non-hydrogen) atoms. The average molecular weight is 236 g/mol. The highest BCUT2D eigenvalue weighted by Crippen LogP contribution is 2.28. The highest BCUT2D eigenvalue weighted by molar-refractivity contribution is 5.12. The molecule has 0 aromatic carbocycles. The minimum Gasteiger partial charge on any atom is -0.311 e. The van der Waals surface area contributed by atoms with E-state index in [9.17, 15) is 0 Å². The molecule has 1 rings (SSSR count). The van der Waals surface area contributed by atoms with Gasteiger partial charge in [0.25, 0.3) is 0 Å².